The standard InChI is InChI=1S/C10H16N4O4.2K/c1-5(10(11,12)9(17)18)7(8(15)16)2-6-3-13-4-14-6;;/h3-5,7H,2,11-12H2,1H3,(H,13,14)(H,15,16)(H,17,18);;/q;2*+1/p-2. The zero-order valence-electron chi connectivity index (χ0n) is 11.8. The van der Waals surface area contributed by atoms with Crippen LogP contribution in [0.5, 0.6) is 0 Å². The number of nitrogens with zero attached hydrogens (tertiary/aromatic N) is 1. The predicted molar refractivity (Wildman–Crippen MR) is 56.1 cm³/mol. The second kappa shape index (κ2) is 10.2. The molecule has 0 aliphatic rings. The van der Waals surface area contributed by atoms with Crippen molar-refractivity contribution < 1.29 is 123 Å². The molecular weight excluding hydrogens is 318 g/mol. The zero-order chi connectivity index (χ0) is 13.9. The van der Waals surface area contributed by atoms with Crippen LogP contribution in [0.15, 0.2) is 12.5 Å². The van der Waals surface area contributed by atoms with Crippen molar-refractivity contribution >= 4 is 11.9 Å². The number of hydrogen-bond donors (Lipinski definition) is 3. The van der Waals surface area contributed by atoms with E-state index in [1.165, 1.54) is 19.4 Å². The molecule has 20 heavy (non-hydrogen) atoms. The summed E-state index contributed by atoms with van der Waals surface area (Å²) in [6.07, 6.45) is 2.80. The topological polar surface area (TPSA) is 161 Å². The molecule has 0 aliphatic carbocycles. The maximum absolute atomic E-state index is 11.1. The predicted octanol–water partition coefficient (Wildman–Crippen LogP) is -9.67. The third-order valence-corrected chi connectivity index (χ3v) is 3.01. The van der Waals surface area contributed by atoms with E-state index in [4.69, 9.17) is 11.5 Å². The number of imidazole rings is 1. The molecule has 100 valence electrons. The quantitative estimate of drug-likeness (QED) is 0.344. The van der Waals surface area contributed by atoms with E-state index in [2.05, 4.69) is 9.97 Å². The summed E-state index contributed by atoms with van der Waals surface area (Å²) in [5.74, 6) is -5.39. The molecule has 1 aromatic heterocycles. The minimum absolute atomic E-state index is 0. The first-order valence-electron chi connectivity index (χ1n) is 5.24. The molecule has 0 amide bonds. The Balaban J connectivity index is 0. The number of carboxylic acid groups (broad SMARTS) is 2. The third kappa shape index (κ3) is 6.22. The number of carboxylic acids is 2. The molecule has 0 saturated heterocycles. The average molecular weight is 332 g/mol. The van der Waals surface area contributed by atoms with Crippen molar-refractivity contribution in [1.29, 1.82) is 0 Å². The number of aromatic amines is 1. The normalized spacial score (nSPS) is 13.6. The van der Waals surface area contributed by atoms with Gasteiger partial charge in [-0.3, -0.25) is 0 Å². The van der Waals surface area contributed by atoms with Gasteiger partial charge in [-0.2, -0.15) is 0 Å². The van der Waals surface area contributed by atoms with Crippen molar-refractivity contribution in [2.75, 3.05) is 0 Å². The summed E-state index contributed by atoms with van der Waals surface area (Å²) in [7, 11) is 0. The molecule has 0 spiro atoms. The smallest absolute Gasteiger partial charge is 0.550 e. The molecule has 0 saturated carbocycles. The van der Waals surface area contributed by atoms with E-state index in [1.807, 2.05) is 0 Å². The fourth-order valence-corrected chi connectivity index (χ4v) is 1.62. The number of carbonyl (C=O) groups is 2. The van der Waals surface area contributed by atoms with Crippen LogP contribution >= 0.6 is 0 Å². The first-order chi connectivity index (χ1) is 8.26. The van der Waals surface area contributed by atoms with Gasteiger partial charge in [0.05, 0.1) is 12.3 Å². The second-order valence-electron chi connectivity index (χ2n) is 4.22. The number of hydrogen-bond acceptors (Lipinski definition) is 7. The van der Waals surface area contributed by atoms with Gasteiger partial charge in [-0.15, -0.1) is 0 Å². The van der Waals surface area contributed by atoms with Gasteiger partial charge in [0.1, 0.15) is 5.66 Å². The van der Waals surface area contributed by atoms with Crippen LogP contribution < -0.4 is 124 Å². The monoisotopic (exact) mass is 332 g/mol. The first-order valence-corrected chi connectivity index (χ1v) is 5.24. The number of rotatable bonds is 6. The molecule has 0 radical (unpaired) electrons. The van der Waals surface area contributed by atoms with E-state index < -0.39 is 29.4 Å². The molecular formula is C10H14K2N4O4. The molecule has 5 N–H and O–H groups in total. The Morgan fingerprint density at radius 3 is 2.30 bits per heavy atom. The molecule has 0 fully saturated rings. The van der Waals surface area contributed by atoms with Crippen molar-refractivity contribution in [3.63, 3.8) is 0 Å². The van der Waals surface area contributed by atoms with Crippen LogP contribution in [-0.4, -0.2) is 27.6 Å². The number of H-pyrrole nitrogens is 1. The molecule has 0 bridgehead atoms. The van der Waals surface area contributed by atoms with Crippen molar-refractivity contribution in [3.05, 3.63) is 18.2 Å². The Labute approximate surface area is 201 Å². The Morgan fingerprint density at radius 1 is 1.40 bits per heavy atom. The van der Waals surface area contributed by atoms with Gasteiger partial charge in [0, 0.05) is 29.7 Å². The van der Waals surface area contributed by atoms with Crippen LogP contribution in [0.2, 0.25) is 0 Å². The van der Waals surface area contributed by atoms with Crippen LogP contribution in [0.4, 0.5) is 0 Å². The van der Waals surface area contributed by atoms with Gasteiger partial charge in [0.2, 0.25) is 0 Å². The number of aromatic nitrogens is 2. The second-order valence-corrected chi connectivity index (χ2v) is 4.22. The number of nitrogens with two attached hydrogens (primary N) is 2. The molecule has 2 unspecified atom stereocenters. The fourth-order valence-electron chi connectivity index (χ4n) is 1.62. The minimum atomic E-state index is -2.25. The Bertz CT molecular complexity index is 438. The van der Waals surface area contributed by atoms with E-state index in [-0.39, 0.29) is 109 Å². The van der Waals surface area contributed by atoms with Gasteiger partial charge < -0.3 is 36.3 Å². The van der Waals surface area contributed by atoms with E-state index in [9.17, 15) is 19.8 Å². The summed E-state index contributed by atoms with van der Waals surface area (Å²) < 4.78 is 0. The summed E-state index contributed by atoms with van der Waals surface area (Å²) in [5.41, 5.74) is 9.01. The van der Waals surface area contributed by atoms with Gasteiger partial charge in [-0.05, 0) is 6.42 Å². The van der Waals surface area contributed by atoms with Gasteiger partial charge in [-0.25, -0.2) is 4.98 Å². The SMILES string of the molecule is CC(C(Cc1cnc[nH]1)C(=O)[O-])C(N)(N)C(=O)[O-].[K+].[K+]. The summed E-state index contributed by atoms with van der Waals surface area (Å²) in [4.78, 5) is 28.3. The summed E-state index contributed by atoms with van der Waals surface area (Å²) in [6.45, 7) is 1.33. The number of carbonyl (C=O) groups excluding carboxylic acids is 2. The van der Waals surface area contributed by atoms with Crippen molar-refractivity contribution in [1.82, 2.24) is 9.97 Å². The molecule has 0 aliphatic heterocycles. The van der Waals surface area contributed by atoms with E-state index in [0.717, 1.165) is 0 Å². The Hall–Kier alpha value is 1.34. The van der Waals surface area contributed by atoms with Crippen molar-refractivity contribution in [3.8, 4) is 0 Å². The summed E-state index contributed by atoms with van der Waals surface area (Å²) in [6, 6.07) is 0. The summed E-state index contributed by atoms with van der Waals surface area (Å²) in [5, 5.41) is 21.9. The van der Waals surface area contributed by atoms with E-state index in [0.29, 0.717) is 5.69 Å². The molecule has 10 heteroatoms. The molecule has 2 atom stereocenters. The Morgan fingerprint density at radius 2 is 1.95 bits per heavy atom. The van der Waals surface area contributed by atoms with E-state index >= 15 is 0 Å². The third-order valence-electron chi connectivity index (χ3n) is 3.01. The van der Waals surface area contributed by atoms with Crippen LogP contribution in [0.1, 0.15) is 12.6 Å². The van der Waals surface area contributed by atoms with Crippen molar-refractivity contribution in [2.45, 2.75) is 19.0 Å². The number of aliphatic carboxylic acids is 2. The van der Waals surface area contributed by atoms with Crippen LogP contribution in [0, 0.1) is 11.8 Å². The van der Waals surface area contributed by atoms with Gasteiger partial charge in [0.15, 0.2) is 0 Å². The molecule has 1 rings (SSSR count). The minimum Gasteiger partial charge on any atom is -0.550 e. The molecule has 1 aromatic rings. The molecule has 8 nitrogen and oxygen atoms in total. The van der Waals surface area contributed by atoms with E-state index in [1.54, 1.807) is 0 Å². The average Bonchev–Trinajstić information content (AvgIpc) is 2.76. The largest absolute Gasteiger partial charge is 1.00 e. The summed E-state index contributed by atoms with van der Waals surface area (Å²) >= 11 is 0. The Kier molecular flexibility index (Phi) is 12.0. The first kappa shape index (κ1) is 23.6. The van der Waals surface area contributed by atoms with Gasteiger partial charge in [0.25, 0.3) is 0 Å². The zero-order valence-corrected chi connectivity index (χ0v) is 18.0. The van der Waals surface area contributed by atoms with Crippen LogP contribution in [0.25, 0.3) is 0 Å². The molecule has 0 aromatic carbocycles. The number of nitrogens with one attached hydrogen (secondary N) is 1. The van der Waals surface area contributed by atoms with Gasteiger partial charge in [-0.1, -0.05) is 6.92 Å². The maximum atomic E-state index is 11.1. The van der Waals surface area contributed by atoms with Crippen LogP contribution in [-0.2, 0) is 16.0 Å². The molecule has 1 heterocycles. The van der Waals surface area contributed by atoms with Crippen molar-refractivity contribution in [2.24, 2.45) is 23.3 Å². The van der Waals surface area contributed by atoms with Gasteiger partial charge >= 0.3 is 103 Å². The maximum Gasteiger partial charge on any atom is 1.00 e. The fraction of sp³-hybridized carbons (Fsp3) is 0.500. The van der Waals surface area contributed by atoms with Crippen LogP contribution in [0.3, 0.4) is 0 Å².